The molecular weight excluding hydrogens is 370 g/mol. The molecule has 0 aliphatic rings. The summed E-state index contributed by atoms with van der Waals surface area (Å²) >= 11 is 0. The van der Waals surface area contributed by atoms with Crippen LogP contribution in [0.5, 0.6) is 0 Å². The number of rotatable bonds is 8. The van der Waals surface area contributed by atoms with Crippen molar-refractivity contribution in [2.75, 3.05) is 17.7 Å². The van der Waals surface area contributed by atoms with Crippen LogP contribution in [0, 0.1) is 0 Å². The van der Waals surface area contributed by atoms with Gasteiger partial charge in [-0.1, -0.05) is 30.3 Å². The predicted octanol–water partition coefficient (Wildman–Crippen LogP) is 2.23. The molecule has 1 N–H and O–H groups in total. The van der Waals surface area contributed by atoms with Crippen LogP contribution in [0.1, 0.15) is 23.7 Å². The van der Waals surface area contributed by atoms with Gasteiger partial charge in [-0.25, -0.2) is 8.42 Å². The number of ether oxygens (including phenoxy) is 1. The van der Waals surface area contributed by atoms with Crippen LogP contribution in [0.2, 0.25) is 0 Å². The normalized spacial score (nSPS) is 10.9. The number of ketones is 1. The zero-order valence-corrected chi connectivity index (χ0v) is 15.5. The Balaban J connectivity index is 1.84. The molecule has 0 atom stereocenters. The van der Waals surface area contributed by atoms with E-state index in [0.29, 0.717) is 11.3 Å². The molecule has 8 heteroatoms. The summed E-state index contributed by atoms with van der Waals surface area (Å²) in [7, 11) is -3.60. The molecule has 2 rings (SSSR count). The van der Waals surface area contributed by atoms with Crippen LogP contribution in [0.3, 0.4) is 0 Å². The van der Waals surface area contributed by atoms with E-state index in [1.54, 1.807) is 42.5 Å². The number of hydrogen-bond donors (Lipinski definition) is 1. The van der Waals surface area contributed by atoms with Gasteiger partial charge in [-0.3, -0.25) is 14.4 Å². The molecule has 0 aromatic heterocycles. The molecule has 0 radical (unpaired) electrons. The van der Waals surface area contributed by atoms with Gasteiger partial charge >= 0.3 is 5.97 Å². The number of anilines is 1. The number of carbonyl (C=O) groups excluding carboxylic acids is 3. The first-order valence-corrected chi connectivity index (χ1v) is 9.78. The average molecular weight is 389 g/mol. The van der Waals surface area contributed by atoms with Crippen LogP contribution < -0.4 is 5.32 Å². The standard InChI is InChI=1S/C19H19NO6S/c1-14(21)16-9-5-6-10-17(16)20-18(22)13-26-19(23)11-12-27(24,25)15-7-3-2-4-8-15/h2-10H,11-13H2,1H3,(H,20,22). The summed E-state index contributed by atoms with van der Waals surface area (Å²) in [4.78, 5) is 35.3. The largest absolute Gasteiger partial charge is 0.456 e. The Hall–Kier alpha value is -3.00. The summed E-state index contributed by atoms with van der Waals surface area (Å²) < 4.78 is 29.0. The van der Waals surface area contributed by atoms with Gasteiger partial charge in [-0.05, 0) is 31.2 Å². The second kappa shape index (κ2) is 9.09. The molecule has 1 amide bonds. The maximum absolute atomic E-state index is 12.1. The van der Waals surface area contributed by atoms with Gasteiger partial charge in [0.15, 0.2) is 22.2 Å². The second-order valence-electron chi connectivity index (χ2n) is 5.69. The van der Waals surface area contributed by atoms with Gasteiger partial charge in [-0.2, -0.15) is 0 Å². The molecule has 0 saturated heterocycles. The smallest absolute Gasteiger partial charge is 0.307 e. The molecule has 0 spiro atoms. The van der Waals surface area contributed by atoms with Gasteiger partial charge in [0.25, 0.3) is 5.91 Å². The van der Waals surface area contributed by atoms with E-state index in [-0.39, 0.29) is 17.1 Å². The molecule has 0 unspecified atom stereocenters. The average Bonchev–Trinajstić information content (AvgIpc) is 2.66. The van der Waals surface area contributed by atoms with E-state index in [1.165, 1.54) is 19.1 Å². The molecule has 7 nitrogen and oxygen atoms in total. The monoisotopic (exact) mass is 389 g/mol. The van der Waals surface area contributed by atoms with Crippen molar-refractivity contribution >= 4 is 33.2 Å². The Morgan fingerprint density at radius 3 is 2.26 bits per heavy atom. The highest BCUT2D eigenvalue weighted by Gasteiger charge is 2.17. The number of sulfone groups is 1. The summed E-state index contributed by atoms with van der Waals surface area (Å²) in [6, 6.07) is 14.2. The fourth-order valence-corrected chi connectivity index (χ4v) is 3.51. The molecule has 0 saturated carbocycles. The zero-order chi connectivity index (χ0) is 19.9. The Morgan fingerprint density at radius 2 is 1.59 bits per heavy atom. The van der Waals surface area contributed by atoms with Gasteiger partial charge in [0.05, 0.1) is 22.8 Å². The van der Waals surface area contributed by atoms with Crippen LogP contribution in [0.4, 0.5) is 5.69 Å². The molecule has 0 bridgehead atoms. The van der Waals surface area contributed by atoms with Crippen molar-refractivity contribution in [2.45, 2.75) is 18.2 Å². The molecule has 0 fully saturated rings. The fraction of sp³-hybridized carbons (Fsp3) is 0.211. The van der Waals surface area contributed by atoms with Crippen molar-refractivity contribution in [2.24, 2.45) is 0 Å². The molecule has 2 aromatic carbocycles. The number of benzene rings is 2. The quantitative estimate of drug-likeness (QED) is 0.548. The fourth-order valence-electron chi connectivity index (χ4n) is 2.27. The van der Waals surface area contributed by atoms with Gasteiger partial charge in [0, 0.05) is 5.56 Å². The lowest BCUT2D eigenvalue weighted by atomic mass is 10.1. The van der Waals surface area contributed by atoms with Gasteiger partial charge in [0.1, 0.15) is 0 Å². The number of para-hydroxylation sites is 1. The molecule has 0 aliphatic heterocycles. The first-order chi connectivity index (χ1) is 12.8. The summed E-state index contributed by atoms with van der Waals surface area (Å²) in [6.07, 6.45) is -0.367. The van der Waals surface area contributed by atoms with E-state index in [0.717, 1.165) is 0 Å². The van der Waals surface area contributed by atoms with E-state index in [4.69, 9.17) is 4.74 Å². The lowest BCUT2D eigenvalue weighted by molar-refractivity contribution is -0.146. The molecule has 0 aliphatic carbocycles. The van der Waals surface area contributed by atoms with E-state index in [1.807, 2.05) is 0 Å². The maximum atomic E-state index is 12.1. The third kappa shape index (κ3) is 6.03. The molecule has 142 valence electrons. The highest BCUT2D eigenvalue weighted by Crippen LogP contribution is 2.15. The minimum atomic E-state index is -3.60. The number of amides is 1. The highest BCUT2D eigenvalue weighted by atomic mass is 32.2. The van der Waals surface area contributed by atoms with Crippen LogP contribution in [0.15, 0.2) is 59.5 Å². The number of esters is 1. The predicted molar refractivity (Wildman–Crippen MR) is 99.1 cm³/mol. The molecule has 2 aromatic rings. The van der Waals surface area contributed by atoms with Crippen LogP contribution >= 0.6 is 0 Å². The van der Waals surface area contributed by atoms with Gasteiger partial charge in [0.2, 0.25) is 0 Å². The number of carbonyl (C=O) groups is 3. The lowest BCUT2D eigenvalue weighted by Crippen LogP contribution is -2.23. The zero-order valence-electron chi connectivity index (χ0n) is 14.7. The van der Waals surface area contributed by atoms with Crippen molar-refractivity contribution in [3.05, 3.63) is 60.2 Å². The minimum Gasteiger partial charge on any atom is -0.456 e. The van der Waals surface area contributed by atoms with E-state index in [2.05, 4.69) is 5.32 Å². The van der Waals surface area contributed by atoms with Crippen LogP contribution in [-0.2, 0) is 24.2 Å². The molecule has 27 heavy (non-hydrogen) atoms. The Morgan fingerprint density at radius 1 is 0.963 bits per heavy atom. The van der Waals surface area contributed by atoms with Crippen LogP contribution in [-0.4, -0.2) is 38.4 Å². The number of hydrogen-bond acceptors (Lipinski definition) is 6. The Bertz CT molecular complexity index is 938. The third-order valence-electron chi connectivity index (χ3n) is 3.62. The first-order valence-electron chi connectivity index (χ1n) is 8.13. The van der Waals surface area contributed by atoms with E-state index in [9.17, 15) is 22.8 Å². The number of Topliss-reactive ketones (excluding diaryl/α,β-unsaturated/α-hetero) is 1. The lowest BCUT2D eigenvalue weighted by Gasteiger charge is -2.09. The van der Waals surface area contributed by atoms with Crippen molar-refractivity contribution in [1.29, 1.82) is 0 Å². The summed E-state index contributed by atoms with van der Waals surface area (Å²) in [5.41, 5.74) is 0.656. The molecular formula is C19H19NO6S. The number of nitrogens with one attached hydrogen (secondary N) is 1. The van der Waals surface area contributed by atoms with E-state index < -0.39 is 34.1 Å². The van der Waals surface area contributed by atoms with Crippen molar-refractivity contribution < 1.29 is 27.5 Å². The Labute approximate surface area is 157 Å². The second-order valence-corrected chi connectivity index (χ2v) is 7.80. The first kappa shape index (κ1) is 20.3. The summed E-state index contributed by atoms with van der Waals surface area (Å²) in [5, 5.41) is 2.49. The highest BCUT2D eigenvalue weighted by molar-refractivity contribution is 7.91. The van der Waals surface area contributed by atoms with Crippen molar-refractivity contribution in [3.8, 4) is 0 Å². The Kier molecular flexibility index (Phi) is 6.84. The van der Waals surface area contributed by atoms with Crippen molar-refractivity contribution in [3.63, 3.8) is 0 Å². The summed E-state index contributed by atoms with van der Waals surface area (Å²) in [5.74, 6) is -2.05. The summed E-state index contributed by atoms with van der Waals surface area (Å²) in [6.45, 7) is 0.800. The maximum Gasteiger partial charge on any atom is 0.307 e. The van der Waals surface area contributed by atoms with Crippen molar-refractivity contribution in [1.82, 2.24) is 0 Å². The SMILES string of the molecule is CC(=O)c1ccccc1NC(=O)COC(=O)CCS(=O)(=O)c1ccccc1. The minimum absolute atomic E-state index is 0.122. The van der Waals surface area contributed by atoms with Gasteiger partial charge < -0.3 is 10.1 Å². The van der Waals surface area contributed by atoms with Crippen LogP contribution in [0.25, 0.3) is 0 Å². The van der Waals surface area contributed by atoms with E-state index >= 15 is 0 Å². The van der Waals surface area contributed by atoms with Gasteiger partial charge in [-0.15, -0.1) is 0 Å². The third-order valence-corrected chi connectivity index (χ3v) is 5.35. The topological polar surface area (TPSA) is 107 Å². The molecule has 0 heterocycles.